The van der Waals surface area contributed by atoms with Crippen LogP contribution in [0.25, 0.3) is 0 Å². The van der Waals surface area contributed by atoms with E-state index in [1.807, 2.05) is 36.2 Å². The monoisotopic (exact) mass is 321 g/mol. The zero-order chi connectivity index (χ0) is 14.0. The standard InChI is InChI=1S/C14H16BrN3O/c1-10-9-18(12-5-3-11(15)4-6-12)14(19)13(7-8-16)17(10)2/h3-6,10,13H,7,9H2,1-2H3. The number of halogens is 1. The van der Waals surface area contributed by atoms with Crippen LogP contribution >= 0.6 is 15.9 Å². The molecule has 1 saturated heterocycles. The lowest BCUT2D eigenvalue weighted by molar-refractivity contribution is -0.126. The van der Waals surface area contributed by atoms with Gasteiger partial charge in [0.2, 0.25) is 5.91 Å². The van der Waals surface area contributed by atoms with E-state index in [1.54, 1.807) is 4.90 Å². The number of nitriles is 1. The van der Waals surface area contributed by atoms with Crippen molar-refractivity contribution in [3.8, 4) is 6.07 Å². The number of nitrogens with zero attached hydrogens (tertiary/aromatic N) is 3. The van der Waals surface area contributed by atoms with Gasteiger partial charge >= 0.3 is 0 Å². The van der Waals surface area contributed by atoms with E-state index >= 15 is 0 Å². The number of hydrogen-bond acceptors (Lipinski definition) is 3. The van der Waals surface area contributed by atoms with Crippen molar-refractivity contribution in [1.82, 2.24) is 4.90 Å². The van der Waals surface area contributed by atoms with Crippen LogP contribution in [0.2, 0.25) is 0 Å². The lowest BCUT2D eigenvalue weighted by atomic mass is 10.0. The van der Waals surface area contributed by atoms with E-state index in [9.17, 15) is 4.79 Å². The number of likely N-dealkylation sites (N-methyl/N-ethyl adjacent to an activating group) is 1. The second-order valence-corrected chi connectivity index (χ2v) is 5.73. The molecule has 0 radical (unpaired) electrons. The molecule has 0 bridgehead atoms. The Hall–Kier alpha value is -1.38. The molecular formula is C14H16BrN3O. The Balaban J connectivity index is 2.28. The van der Waals surface area contributed by atoms with Crippen LogP contribution in [0.4, 0.5) is 5.69 Å². The van der Waals surface area contributed by atoms with E-state index in [2.05, 4.69) is 28.9 Å². The average molecular weight is 322 g/mol. The van der Waals surface area contributed by atoms with Gasteiger partial charge < -0.3 is 4.90 Å². The Morgan fingerprint density at radius 3 is 2.63 bits per heavy atom. The topological polar surface area (TPSA) is 47.3 Å². The number of anilines is 1. The Bertz CT molecular complexity index is 508. The maximum absolute atomic E-state index is 12.5. The first-order valence-electron chi connectivity index (χ1n) is 6.20. The molecule has 0 aliphatic carbocycles. The Morgan fingerprint density at radius 2 is 2.05 bits per heavy atom. The number of rotatable bonds is 2. The van der Waals surface area contributed by atoms with E-state index in [-0.39, 0.29) is 24.4 Å². The second-order valence-electron chi connectivity index (χ2n) is 4.82. The molecule has 2 unspecified atom stereocenters. The van der Waals surface area contributed by atoms with Crippen molar-refractivity contribution in [3.05, 3.63) is 28.7 Å². The maximum atomic E-state index is 12.5. The molecule has 5 heteroatoms. The maximum Gasteiger partial charge on any atom is 0.245 e. The quantitative estimate of drug-likeness (QED) is 0.840. The number of amides is 1. The zero-order valence-corrected chi connectivity index (χ0v) is 12.6. The summed E-state index contributed by atoms with van der Waals surface area (Å²) >= 11 is 3.39. The predicted molar refractivity (Wildman–Crippen MR) is 77.7 cm³/mol. The van der Waals surface area contributed by atoms with Gasteiger partial charge in [0.15, 0.2) is 0 Å². The van der Waals surface area contributed by atoms with Gasteiger partial charge in [-0.3, -0.25) is 9.69 Å². The molecule has 1 aliphatic rings. The summed E-state index contributed by atoms with van der Waals surface area (Å²) in [6.07, 6.45) is 0.229. The van der Waals surface area contributed by atoms with Gasteiger partial charge in [-0.25, -0.2) is 0 Å². The fourth-order valence-electron chi connectivity index (χ4n) is 2.32. The third-order valence-electron chi connectivity index (χ3n) is 3.61. The molecule has 0 spiro atoms. The van der Waals surface area contributed by atoms with Crippen LogP contribution < -0.4 is 4.90 Å². The largest absolute Gasteiger partial charge is 0.309 e. The molecule has 1 fully saturated rings. The molecule has 0 N–H and O–H groups in total. The van der Waals surface area contributed by atoms with Gasteiger partial charge in [-0.1, -0.05) is 15.9 Å². The van der Waals surface area contributed by atoms with E-state index in [0.29, 0.717) is 6.54 Å². The minimum atomic E-state index is -0.350. The summed E-state index contributed by atoms with van der Waals surface area (Å²) in [5, 5.41) is 8.88. The van der Waals surface area contributed by atoms with Crippen LogP contribution in [0.1, 0.15) is 13.3 Å². The van der Waals surface area contributed by atoms with Crippen molar-refractivity contribution in [2.45, 2.75) is 25.4 Å². The van der Waals surface area contributed by atoms with Gasteiger partial charge in [0.05, 0.1) is 12.5 Å². The van der Waals surface area contributed by atoms with Crippen LogP contribution in [0, 0.1) is 11.3 Å². The second kappa shape index (κ2) is 5.72. The van der Waals surface area contributed by atoms with Gasteiger partial charge in [0, 0.05) is 22.7 Å². The summed E-state index contributed by atoms with van der Waals surface area (Å²) < 4.78 is 0.986. The van der Waals surface area contributed by atoms with Crippen molar-refractivity contribution in [3.63, 3.8) is 0 Å². The van der Waals surface area contributed by atoms with Crippen molar-refractivity contribution >= 4 is 27.5 Å². The van der Waals surface area contributed by atoms with Gasteiger partial charge in [-0.2, -0.15) is 5.26 Å². The number of piperazine rings is 1. The number of hydrogen-bond donors (Lipinski definition) is 0. The summed E-state index contributed by atoms with van der Waals surface area (Å²) in [5.74, 6) is 0.00414. The van der Waals surface area contributed by atoms with Gasteiger partial charge in [0.25, 0.3) is 0 Å². The molecule has 2 atom stereocenters. The van der Waals surface area contributed by atoms with E-state index < -0.39 is 0 Å². The Labute approximate surface area is 121 Å². The van der Waals surface area contributed by atoms with Crippen molar-refractivity contribution in [2.75, 3.05) is 18.5 Å². The summed E-state index contributed by atoms with van der Waals surface area (Å²) in [6, 6.07) is 9.67. The first kappa shape index (κ1) is 14.0. The van der Waals surface area contributed by atoms with Gasteiger partial charge in [-0.15, -0.1) is 0 Å². The smallest absolute Gasteiger partial charge is 0.245 e. The van der Waals surface area contributed by atoms with Gasteiger partial charge in [-0.05, 0) is 38.2 Å². The summed E-state index contributed by atoms with van der Waals surface area (Å²) in [4.78, 5) is 16.2. The average Bonchev–Trinajstić information content (AvgIpc) is 2.40. The highest BCUT2D eigenvalue weighted by Gasteiger charge is 2.37. The Kier molecular flexibility index (Phi) is 4.23. The van der Waals surface area contributed by atoms with Crippen molar-refractivity contribution < 1.29 is 4.79 Å². The van der Waals surface area contributed by atoms with E-state index in [1.165, 1.54) is 0 Å². The minimum absolute atomic E-state index is 0.00414. The predicted octanol–water partition coefficient (Wildman–Crippen LogP) is 2.40. The first-order chi connectivity index (χ1) is 9.04. The molecule has 1 aliphatic heterocycles. The highest BCUT2D eigenvalue weighted by Crippen LogP contribution is 2.25. The molecule has 1 heterocycles. The van der Waals surface area contributed by atoms with Crippen molar-refractivity contribution in [2.24, 2.45) is 0 Å². The minimum Gasteiger partial charge on any atom is -0.309 e. The molecular weight excluding hydrogens is 306 g/mol. The third-order valence-corrected chi connectivity index (χ3v) is 4.14. The summed E-state index contributed by atoms with van der Waals surface area (Å²) in [6.45, 7) is 2.72. The normalized spacial score (nSPS) is 24.3. The Morgan fingerprint density at radius 1 is 1.42 bits per heavy atom. The van der Waals surface area contributed by atoms with Crippen LogP contribution in [0.3, 0.4) is 0 Å². The van der Waals surface area contributed by atoms with Crippen LogP contribution in [0.15, 0.2) is 28.7 Å². The number of benzene rings is 1. The first-order valence-corrected chi connectivity index (χ1v) is 6.99. The van der Waals surface area contributed by atoms with E-state index in [0.717, 1.165) is 10.2 Å². The fraction of sp³-hybridized carbons (Fsp3) is 0.429. The molecule has 1 aromatic rings. The van der Waals surface area contributed by atoms with E-state index in [4.69, 9.17) is 5.26 Å². The summed E-state index contributed by atoms with van der Waals surface area (Å²) in [7, 11) is 1.91. The molecule has 1 aromatic carbocycles. The molecule has 0 saturated carbocycles. The lowest BCUT2D eigenvalue weighted by Crippen LogP contribution is -2.59. The molecule has 4 nitrogen and oxygen atoms in total. The molecule has 19 heavy (non-hydrogen) atoms. The van der Waals surface area contributed by atoms with Crippen LogP contribution in [-0.2, 0) is 4.79 Å². The molecule has 100 valence electrons. The lowest BCUT2D eigenvalue weighted by Gasteiger charge is -2.42. The molecule has 1 amide bonds. The SMILES string of the molecule is CC1CN(c2ccc(Br)cc2)C(=O)C(CC#N)N1C. The molecule has 0 aromatic heterocycles. The third kappa shape index (κ3) is 2.80. The van der Waals surface area contributed by atoms with Crippen LogP contribution in [0.5, 0.6) is 0 Å². The zero-order valence-electron chi connectivity index (χ0n) is 11.0. The van der Waals surface area contributed by atoms with Gasteiger partial charge in [0.1, 0.15) is 6.04 Å². The number of carbonyl (C=O) groups is 1. The van der Waals surface area contributed by atoms with Crippen LogP contribution in [-0.4, -0.2) is 36.5 Å². The fourth-order valence-corrected chi connectivity index (χ4v) is 2.58. The summed E-state index contributed by atoms with van der Waals surface area (Å²) in [5.41, 5.74) is 0.885. The molecule has 2 rings (SSSR count). The highest BCUT2D eigenvalue weighted by atomic mass is 79.9. The number of carbonyl (C=O) groups excluding carboxylic acids is 1. The van der Waals surface area contributed by atoms with Crippen molar-refractivity contribution in [1.29, 1.82) is 5.26 Å². The highest BCUT2D eigenvalue weighted by molar-refractivity contribution is 9.10.